The third-order valence-corrected chi connectivity index (χ3v) is 4.77. The Bertz CT molecular complexity index is 1090. The normalized spacial score (nSPS) is 12.0. The zero-order chi connectivity index (χ0) is 21.7. The second-order valence-electron chi connectivity index (χ2n) is 7.25. The molecule has 1 heterocycles. The molecule has 1 N–H and O–H groups in total. The molecule has 0 saturated heterocycles. The van der Waals surface area contributed by atoms with Crippen LogP contribution in [-0.4, -0.2) is 19.1 Å². The van der Waals surface area contributed by atoms with Gasteiger partial charge in [0.25, 0.3) is 5.91 Å². The molecular weight excluding hydrogens is 382 g/mol. The molecular formula is C24H27NO5. The summed E-state index contributed by atoms with van der Waals surface area (Å²) in [6.45, 7) is 8.86. The number of hydrogen-bond donors (Lipinski definition) is 1. The van der Waals surface area contributed by atoms with Gasteiger partial charge in [0, 0.05) is 5.39 Å². The van der Waals surface area contributed by atoms with E-state index in [1.165, 1.54) is 0 Å². The molecule has 3 rings (SSSR count). The van der Waals surface area contributed by atoms with Gasteiger partial charge in [0.2, 0.25) is 0 Å². The first-order chi connectivity index (χ1) is 14.4. The molecule has 6 nitrogen and oxygen atoms in total. The monoisotopic (exact) mass is 409 g/mol. The molecule has 0 aliphatic carbocycles. The largest absolute Gasteiger partial charge is 0.490 e. The van der Waals surface area contributed by atoms with E-state index in [0.717, 1.165) is 5.56 Å². The number of para-hydroxylation sites is 1. The number of benzene rings is 2. The summed E-state index contributed by atoms with van der Waals surface area (Å²) >= 11 is 0. The molecule has 0 spiro atoms. The molecule has 0 radical (unpaired) electrons. The zero-order valence-electron chi connectivity index (χ0n) is 17.7. The Morgan fingerprint density at radius 3 is 2.40 bits per heavy atom. The van der Waals surface area contributed by atoms with Crippen molar-refractivity contribution in [3.8, 4) is 11.5 Å². The lowest BCUT2D eigenvalue weighted by atomic mass is 9.95. The van der Waals surface area contributed by atoms with Crippen LogP contribution in [0.2, 0.25) is 0 Å². The van der Waals surface area contributed by atoms with Crippen LogP contribution < -0.4 is 20.4 Å². The van der Waals surface area contributed by atoms with Crippen molar-refractivity contribution in [1.82, 2.24) is 5.32 Å². The van der Waals surface area contributed by atoms with Crippen LogP contribution in [0.25, 0.3) is 11.0 Å². The number of nitrogens with one attached hydrogen (secondary N) is 1. The van der Waals surface area contributed by atoms with Gasteiger partial charge >= 0.3 is 5.63 Å². The minimum Gasteiger partial charge on any atom is -0.490 e. The second kappa shape index (κ2) is 9.48. The predicted octanol–water partition coefficient (Wildman–Crippen LogP) is 4.72. The quantitative estimate of drug-likeness (QED) is 0.545. The molecule has 30 heavy (non-hydrogen) atoms. The van der Waals surface area contributed by atoms with E-state index in [4.69, 9.17) is 13.9 Å². The number of rotatable bonds is 8. The fraction of sp³-hybridized carbons (Fsp3) is 0.333. The molecule has 1 unspecified atom stereocenters. The Labute approximate surface area is 175 Å². The molecule has 2 aromatic carbocycles. The van der Waals surface area contributed by atoms with Crippen LogP contribution in [0.1, 0.15) is 49.7 Å². The molecule has 1 atom stereocenters. The van der Waals surface area contributed by atoms with E-state index < -0.39 is 11.5 Å². The highest BCUT2D eigenvalue weighted by Gasteiger charge is 2.23. The minimum atomic E-state index is -0.657. The van der Waals surface area contributed by atoms with Gasteiger partial charge in [-0.05, 0) is 49.6 Å². The predicted molar refractivity (Wildman–Crippen MR) is 116 cm³/mol. The van der Waals surface area contributed by atoms with E-state index in [9.17, 15) is 9.59 Å². The average Bonchev–Trinajstić information content (AvgIpc) is 2.72. The van der Waals surface area contributed by atoms with Gasteiger partial charge in [-0.1, -0.05) is 38.1 Å². The Morgan fingerprint density at radius 2 is 1.70 bits per heavy atom. The summed E-state index contributed by atoms with van der Waals surface area (Å²) in [7, 11) is 0. The lowest BCUT2D eigenvalue weighted by Gasteiger charge is -2.24. The zero-order valence-corrected chi connectivity index (χ0v) is 17.7. The summed E-state index contributed by atoms with van der Waals surface area (Å²) in [5, 5.41) is 3.68. The van der Waals surface area contributed by atoms with Crippen LogP contribution in [0.15, 0.2) is 57.7 Å². The second-order valence-corrected chi connectivity index (χ2v) is 7.25. The molecule has 0 aliphatic rings. The Morgan fingerprint density at radius 1 is 1.00 bits per heavy atom. The van der Waals surface area contributed by atoms with E-state index in [0.29, 0.717) is 35.7 Å². The van der Waals surface area contributed by atoms with Crippen molar-refractivity contribution < 1.29 is 18.7 Å². The van der Waals surface area contributed by atoms with Crippen molar-refractivity contribution in [2.24, 2.45) is 5.92 Å². The number of fused-ring (bicyclic) bond motifs is 1. The summed E-state index contributed by atoms with van der Waals surface area (Å²) in [5.41, 5.74) is 0.647. The van der Waals surface area contributed by atoms with Crippen LogP contribution in [0.3, 0.4) is 0 Å². The van der Waals surface area contributed by atoms with Gasteiger partial charge in [-0.2, -0.15) is 0 Å². The Kier molecular flexibility index (Phi) is 6.77. The highest BCUT2D eigenvalue weighted by molar-refractivity contribution is 5.96. The van der Waals surface area contributed by atoms with Crippen LogP contribution in [0.5, 0.6) is 11.5 Å². The summed E-state index contributed by atoms with van der Waals surface area (Å²) in [6, 6.07) is 14.0. The van der Waals surface area contributed by atoms with E-state index >= 15 is 0 Å². The van der Waals surface area contributed by atoms with Crippen molar-refractivity contribution in [2.45, 2.75) is 33.7 Å². The number of carbonyl (C=O) groups excluding carboxylic acids is 1. The lowest BCUT2D eigenvalue weighted by molar-refractivity contribution is 0.0922. The molecule has 6 heteroatoms. The molecule has 1 amide bonds. The first-order valence-electron chi connectivity index (χ1n) is 10.2. The standard InChI is InChI=1S/C24H27NO5/c1-5-28-20-12-11-17(14-21(20)29-6-2)22(15(3)4)25-23(26)18-13-16-9-7-8-10-19(16)30-24(18)27/h7-15,22H,5-6H2,1-4H3,(H,25,26). The number of ether oxygens (including phenoxy) is 2. The highest BCUT2D eigenvalue weighted by atomic mass is 16.5. The third kappa shape index (κ3) is 4.64. The van der Waals surface area contributed by atoms with Gasteiger partial charge < -0.3 is 19.2 Å². The smallest absolute Gasteiger partial charge is 0.349 e. The Balaban J connectivity index is 1.92. The van der Waals surface area contributed by atoms with Crippen LogP contribution in [0, 0.1) is 5.92 Å². The lowest BCUT2D eigenvalue weighted by Crippen LogP contribution is -2.34. The van der Waals surface area contributed by atoms with Gasteiger partial charge in [0.15, 0.2) is 11.5 Å². The van der Waals surface area contributed by atoms with Gasteiger partial charge in [-0.3, -0.25) is 4.79 Å². The van der Waals surface area contributed by atoms with Crippen molar-refractivity contribution in [2.75, 3.05) is 13.2 Å². The van der Waals surface area contributed by atoms with E-state index in [1.807, 2.05) is 52.0 Å². The third-order valence-electron chi connectivity index (χ3n) is 4.77. The van der Waals surface area contributed by atoms with E-state index in [-0.39, 0.29) is 17.5 Å². The molecule has 0 fully saturated rings. The maximum atomic E-state index is 13.0. The number of carbonyl (C=O) groups is 1. The molecule has 1 aromatic heterocycles. The maximum absolute atomic E-state index is 13.0. The van der Waals surface area contributed by atoms with Gasteiger partial charge in [-0.25, -0.2) is 4.79 Å². The fourth-order valence-electron chi connectivity index (χ4n) is 3.34. The van der Waals surface area contributed by atoms with Crippen molar-refractivity contribution in [1.29, 1.82) is 0 Å². The SMILES string of the molecule is CCOc1ccc(C(NC(=O)c2cc3ccccc3oc2=O)C(C)C)cc1OCC. The summed E-state index contributed by atoms with van der Waals surface area (Å²) in [6.07, 6.45) is 0. The minimum absolute atomic E-state index is 0.0182. The molecule has 158 valence electrons. The Hall–Kier alpha value is -3.28. The first-order valence-corrected chi connectivity index (χ1v) is 10.2. The first kappa shape index (κ1) is 21.4. The van der Waals surface area contributed by atoms with Crippen LogP contribution in [-0.2, 0) is 0 Å². The van der Waals surface area contributed by atoms with Gasteiger partial charge in [0.1, 0.15) is 11.1 Å². The van der Waals surface area contributed by atoms with Crippen molar-refractivity contribution >= 4 is 16.9 Å². The van der Waals surface area contributed by atoms with Gasteiger partial charge in [-0.15, -0.1) is 0 Å². The number of amides is 1. The van der Waals surface area contributed by atoms with Crippen molar-refractivity contribution in [3.05, 3.63) is 70.1 Å². The van der Waals surface area contributed by atoms with Crippen LogP contribution >= 0.6 is 0 Å². The van der Waals surface area contributed by atoms with Crippen LogP contribution in [0.4, 0.5) is 0 Å². The highest BCUT2D eigenvalue weighted by Crippen LogP contribution is 2.33. The molecule has 0 bridgehead atoms. The summed E-state index contributed by atoms with van der Waals surface area (Å²) in [4.78, 5) is 25.3. The van der Waals surface area contributed by atoms with E-state index in [1.54, 1.807) is 24.3 Å². The van der Waals surface area contributed by atoms with Gasteiger partial charge in [0.05, 0.1) is 19.3 Å². The molecule has 0 aliphatic heterocycles. The molecule has 3 aromatic rings. The van der Waals surface area contributed by atoms with Crippen molar-refractivity contribution in [3.63, 3.8) is 0 Å². The summed E-state index contributed by atoms with van der Waals surface area (Å²) in [5.74, 6) is 0.892. The molecule has 0 saturated carbocycles. The maximum Gasteiger partial charge on any atom is 0.349 e. The summed E-state index contributed by atoms with van der Waals surface area (Å²) < 4.78 is 16.6. The fourth-order valence-corrected chi connectivity index (χ4v) is 3.34. The average molecular weight is 409 g/mol. The topological polar surface area (TPSA) is 77.8 Å². The van der Waals surface area contributed by atoms with E-state index in [2.05, 4.69) is 5.32 Å². The number of hydrogen-bond acceptors (Lipinski definition) is 5.